The van der Waals surface area contributed by atoms with Gasteiger partial charge in [-0.25, -0.2) is 9.18 Å². The summed E-state index contributed by atoms with van der Waals surface area (Å²) in [6.07, 6.45) is 8.62. The van der Waals surface area contributed by atoms with Crippen LogP contribution in [0.5, 0.6) is 5.75 Å². The van der Waals surface area contributed by atoms with Gasteiger partial charge in [0.1, 0.15) is 5.60 Å². The van der Waals surface area contributed by atoms with Crippen molar-refractivity contribution in [2.75, 3.05) is 13.2 Å². The van der Waals surface area contributed by atoms with Gasteiger partial charge < -0.3 is 14.2 Å². The first-order chi connectivity index (χ1) is 14.7. The Kier molecular flexibility index (Phi) is 10.0. The van der Waals surface area contributed by atoms with E-state index < -0.39 is 23.4 Å². The fourth-order valence-electron chi connectivity index (χ4n) is 4.09. The van der Waals surface area contributed by atoms with Gasteiger partial charge in [0, 0.05) is 6.42 Å². The molecule has 1 saturated carbocycles. The predicted octanol–water partition coefficient (Wildman–Crippen LogP) is 7.54. The van der Waals surface area contributed by atoms with Crippen LogP contribution >= 0.6 is 0 Å². The van der Waals surface area contributed by atoms with Crippen molar-refractivity contribution < 1.29 is 27.8 Å². The van der Waals surface area contributed by atoms with E-state index in [1.165, 1.54) is 31.7 Å². The van der Waals surface area contributed by atoms with Crippen LogP contribution in [-0.4, -0.2) is 25.0 Å². The summed E-state index contributed by atoms with van der Waals surface area (Å²) < 4.78 is 44.5. The molecule has 0 unspecified atom stereocenters. The van der Waals surface area contributed by atoms with Crippen molar-refractivity contribution in [3.63, 3.8) is 0 Å². The van der Waals surface area contributed by atoms with Crippen molar-refractivity contribution in [2.24, 2.45) is 5.92 Å². The second-order valence-corrected chi connectivity index (χ2v) is 9.51. The third kappa shape index (κ3) is 8.66. The number of unbranched alkanes of at least 4 members (excludes halogenated alkanes) is 2. The minimum Gasteiger partial charge on any atom is -0.490 e. The molecular formula is C25H38F2O4. The molecule has 176 valence electrons. The minimum atomic E-state index is -0.935. The Morgan fingerprint density at radius 1 is 1.00 bits per heavy atom. The van der Waals surface area contributed by atoms with E-state index in [9.17, 15) is 13.6 Å². The quantitative estimate of drug-likeness (QED) is 0.278. The highest BCUT2D eigenvalue weighted by atomic mass is 19.2. The van der Waals surface area contributed by atoms with Crippen molar-refractivity contribution in [1.29, 1.82) is 0 Å². The van der Waals surface area contributed by atoms with Gasteiger partial charge in [0.15, 0.2) is 11.6 Å². The summed E-state index contributed by atoms with van der Waals surface area (Å²) in [4.78, 5) is 11.5. The number of carbonyl (C=O) groups is 1. The zero-order chi connectivity index (χ0) is 22.9. The molecule has 0 saturated heterocycles. The van der Waals surface area contributed by atoms with Gasteiger partial charge in [-0.15, -0.1) is 0 Å². The Balaban J connectivity index is 1.77. The third-order valence-corrected chi connectivity index (χ3v) is 5.73. The molecule has 1 fully saturated rings. The molecular weight excluding hydrogens is 402 g/mol. The van der Waals surface area contributed by atoms with Crippen LogP contribution in [-0.2, 0) is 9.47 Å². The molecule has 1 aromatic carbocycles. The van der Waals surface area contributed by atoms with Gasteiger partial charge in [0.05, 0.1) is 13.2 Å². The molecule has 2 rings (SSSR count). The number of carbonyl (C=O) groups excluding carboxylic acids is 1. The van der Waals surface area contributed by atoms with Crippen LogP contribution in [0, 0.1) is 17.6 Å². The van der Waals surface area contributed by atoms with Crippen molar-refractivity contribution in [2.45, 2.75) is 97.0 Å². The number of hydrogen-bond acceptors (Lipinski definition) is 4. The van der Waals surface area contributed by atoms with Crippen LogP contribution in [0.1, 0.15) is 97.0 Å². The van der Waals surface area contributed by atoms with Gasteiger partial charge in [0.25, 0.3) is 0 Å². The summed E-state index contributed by atoms with van der Waals surface area (Å²) in [7, 11) is 0. The van der Waals surface area contributed by atoms with Gasteiger partial charge >= 0.3 is 6.16 Å². The highest BCUT2D eigenvalue weighted by molar-refractivity contribution is 5.60. The maximum Gasteiger partial charge on any atom is 0.508 e. The topological polar surface area (TPSA) is 44.8 Å². The molecule has 1 aliphatic rings. The van der Waals surface area contributed by atoms with Gasteiger partial charge in [-0.05, 0) is 69.9 Å². The van der Waals surface area contributed by atoms with E-state index in [1.807, 2.05) is 0 Å². The molecule has 6 heteroatoms. The van der Waals surface area contributed by atoms with Crippen LogP contribution < -0.4 is 4.74 Å². The Labute approximate surface area is 185 Å². The van der Waals surface area contributed by atoms with E-state index in [1.54, 1.807) is 26.8 Å². The first kappa shape index (κ1) is 25.4. The lowest BCUT2D eigenvalue weighted by Crippen LogP contribution is -2.24. The second kappa shape index (κ2) is 12.3. The van der Waals surface area contributed by atoms with E-state index in [4.69, 9.17) is 14.2 Å². The molecule has 0 amide bonds. The normalized spacial score (nSPS) is 19.2. The molecule has 0 spiro atoms. The average molecular weight is 441 g/mol. The van der Waals surface area contributed by atoms with Crippen LogP contribution in [0.4, 0.5) is 13.6 Å². The number of hydrogen-bond donors (Lipinski definition) is 0. The maximum absolute atomic E-state index is 14.7. The Hall–Kier alpha value is -1.85. The first-order valence-electron chi connectivity index (χ1n) is 11.7. The lowest BCUT2D eigenvalue weighted by atomic mass is 9.77. The maximum atomic E-state index is 14.7. The highest BCUT2D eigenvalue weighted by Crippen LogP contribution is 2.40. The molecule has 0 aliphatic heterocycles. The van der Waals surface area contributed by atoms with E-state index in [0.29, 0.717) is 12.0 Å². The van der Waals surface area contributed by atoms with Crippen LogP contribution in [0.3, 0.4) is 0 Å². The molecule has 0 heterocycles. The summed E-state index contributed by atoms with van der Waals surface area (Å²) in [6, 6.07) is 3.17. The Morgan fingerprint density at radius 2 is 1.71 bits per heavy atom. The summed E-state index contributed by atoms with van der Waals surface area (Å²) >= 11 is 0. The molecule has 31 heavy (non-hydrogen) atoms. The van der Waals surface area contributed by atoms with Crippen LogP contribution in [0.25, 0.3) is 0 Å². The molecule has 0 atom stereocenters. The van der Waals surface area contributed by atoms with E-state index >= 15 is 0 Å². The second-order valence-electron chi connectivity index (χ2n) is 9.51. The third-order valence-electron chi connectivity index (χ3n) is 5.73. The lowest BCUT2D eigenvalue weighted by Gasteiger charge is -2.29. The summed E-state index contributed by atoms with van der Waals surface area (Å²) in [5.74, 6) is -1.03. The smallest absolute Gasteiger partial charge is 0.490 e. The molecule has 0 N–H and O–H groups in total. The van der Waals surface area contributed by atoms with Gasteiger partial charge in [-0.1, -0.05) is 38.7 Å². The van der Waals surface area contributed by atoms with Crippen molar-refractivity contribution in [3.05, 3.63) is 29.3 Å². The summed E-state index contributed by atoms with van der Waals surface area (Å²) in [5, 5.41) is 0. The minimum absolute atomic E-state index is 0.0770. The van der Waals surface area contributed by atoms with Gasteiger partial charge in [-0.3, -0.25) is 0 Å². The fourth-order valence-corrected chi connectivity index (χ4v) is 4.09. The summed E-state index contributed by atoms with van der Waals surface area (Å²) in [6.45, 7) is 7.65. The van der Waals surface area contributed by atoms with E-state index in [0.717, 1.165) is 31.6 Å². The standard InChI is InChI=1S/C25H38F2O4/c1-5-6-7-9-18-10-12-19(13-11-18)20-14-15-21(23(27)22(20)26)29-16-8-17-30-24(28)31-25(2,3)4/h14-15,18-19H,5-13,16-17H2,1-4H3. The monoisotopic (exact) mass is 440 g/mol. The average Bonchev–Trinajstić information content (AvgIpc) is 2.70. The van der Waals surface area contributed by atoms with E-state index in [2.05, 4.69) is 6.92 Å². The number of benzene rings is 1. The van der Waals surface area contributed by atoms with Crippen LogP contribution in [0.2, 0.25) is 0 Å². The highest BCUT2D eigenvalue weighted by Gasteiger charge is 2.26. The SMILES string of the molecule is CCCCCC1CCC(c2ccc(OCCCOC(=O)OC(C)(C)C)c(F)c2F)CC1. The number of rotatable bonds is 10. The van der Waals surface area contributed by atoms with Crippen LogP contribution in [0.15, 0.2) is 12.1 Å². The number of halogens is 2. The van der Waals surface area contributed by atoms with Gasteiger partial charge in [0.2, 0.25) is 5.82 Å². The molecule has 0 radical (unpaired) electrons. The van der Waals surface area contributed by atoms with Crippen molar-refractivity contribution in [1.82, 2.24) is 0 Å². The fraction of sp³-hybridized carbons (Fsp3) is 0.720. The Bertz CT molecular complexity index is 691. The Morgan fingerprint density at radius 3 is 2.35 bits per heavy atom. The lowest BCUT2D eigenvalue weighted by molar-refractivity contribution is -0.00856. The molecule has 1 aromatic rings. The first-order valence-corrected chi connectivity index (χ1v) is 11.7. The molecule has 0 aromatic heterocycles. The number of ether oxygens (including phenoxy) is 3. The largest absolute Gasteiger partial charge is 0.508 e. The van der Waals surface area contributed by atoms with Gasteiger partial charge in [-0.2, -0.15) is 4.39 Å². The zero-order valence-electron chi connectivity index (χ0n) is 19.5. The summed E-state index contributed by atoms with van der Waals surface area (Å²) in [5.41, 5.74) is -0.158. The zero-order valence-corrected chi connectivity index (χ0v) is 19.5. The predicted molar refractivity (Wildman–Crippen MR) is 117 cm³/mol. The van der Waals surface area contributed by atoms with Crippen molar-refractivity contribution >= 4 is 6.16 Å². The molecule has 4 nitrogen and oxygen atoms in total. The van der Waals surface area contributed by atoms with Crippen molar-refractivity contribution in [3.8, 4) is 5.75 Å². The molecule has 1 aliphatic carbocycles. The van der Waals surface area contributed by atoms with E-state index in [-0.39, 0.29) is 24.9 Å². The molecule has 0 bridgehead atoms.